The van der Waals surface area contributed by atoms with Gasteiger partial charge in [-0.05, 0) is 56.1 Å². The molecule has 2 aromatic carbocycles. The topological polar surface area (TPSA) is 80.1 Å². The van der Waals surface area contributed by atoms with Gasteiger partial charge in [-0.1, -0.05) is 55.0 Å². The molecule has 1 aliphatic carbocycles. The summed E-state index contributed by atoms with van der Waals surface area (Å²) in [5.41, 5.74) is 4.05. The number of benzene rings is 2. The molecule has 1 saturated carbocycles. The van der Waals surface area contributed by atoms with Gasteiger partial charge in [0, 0.05) is 25.5 Å². The van der Waals surface area contributed by atoms with E-state index in [1.807, 2.05) is 55.3 Å². The fraction of sp³-hybridized carbons (Fsp3) is 0.400. The maximum absolute atomic E-state index is 14.1. The molecule has 0 bridgehead atoms. The van der Waals surface area contributed by atoms with E-state index in [0.29, 0.717) is 42.2 Å². The van der Waals surface area contributed by atoms with Crippen molar-refractivity contribution in [2.45, 2.75) is 39.7 Å². The molecule has 2 aromatic heterocycles. The molecule has 0 spiro atoms. The van der Waals surface area contributed by atoms with Gasteiger partial charge in [0.1, 0.15) is 5.69 Å². The van der Waals surface area contributed by atoms with Crippen LogP contribution in [0.2, 0.25) is 0 Å². The largest absolute Gasteiger partial charge is 0.349 e. The van der Waals surface area contributed by atoms with E-state index in [4.69, 9.17) is 4.98 Å². The predicted octanol–water partition coefficient (Wildman–Crippen LogP) is 5.23. The summed E-state index contributed by atoms with van der Waals surface area (Å²) >= 11 is 1.57. The molecule has 2 fully saturated rings. The Morgan fingerprint density at radius 2 is 1.89 bits per heavy atom. The molecule has 6 rings (SSSR count). The first kappa shape index (κ1) is 24.8. The van der Waals surface area contributed by atoms with Gasteiger partial charge in [-0.3, -0.25) is 14.3 Å². The van der Waals surface area contributed by atoms with Crippen LogP contribution in [0.25, 0.3) is 21.3 Å². The molecule has 38 heavy (non-hydrogen) atoms. The molecule has 8 heteroatoms. The first-order valence-electron chi connectivity index (χ1n) is 13.4. The molecule has 7 nitrogen and oxygen atoms in total. The monoisotopic (exact) mass is 527 g/mol. The first-order valence-corrected chi connectivity index (χ1v) is 14.2. The zero-order chi connectivity index (χ0) is 26.6. The average Bonchev–Trinajstić information content (AvgIpc) is 3.64. The lowest BCUT2D eigenvalue weighted by molar-refractivity contribution is 0.0692. The van der Waals surface area contributed by atoms with E-state index >= 15 is 0 Å². The van der Waals surface area contributed by atoms with Crippen molar-refractivity contribution in [3.05, 3.63) is 70.5 Å². The smallest absolute Gasteiger partial charge is 0.274 e. The maximum Gasteiger partial charge on any atom is 0.274 e. The van der Waals surface area contributed by atoms with Crippen molar-refractivity contribution >= 4 is 34.1 Å². The summed E-state index contributed by atoms with van der Waals surface area (Å²) in [6, 6.07) is 15.9. The fourth-order valence-electron chi connectivity index (χ4n) is 6.59. The van der Waals surface area contributed by atoms with Gasteiger partial charge in [-0.2, -0.15) is 5.10 Å². The van der Waals surface area contributed by atoms with E-state index in [0.717, 1.165) is 44.8 Å². The number of aromatic nitrogens is 3. The number of rotatable bonds is 5. The molecule has 4 atom stereocenters. The second-order valence-corrected chi connectivity index (χ2v) is 12.2. The van der Waals surface area contributed by atoms with E-state index in [2.05, 4.69) is 36.4 Å². The van der Waals surface area contributed by atoms with Crippen LogP contribution in [0.3, 0.4) is 0 Å². The zero-order valence-corrected chi connectivity index (χ0v) is 23.1. The van der Waals surface area contributed by atoms with Crippen molar-refractivity contribution in [3.63, 3.8) is 0 Å². The van der Waals surface area contributed by atoms with Gasteiger partial charge in [0.25, 0.3) is 11.8 Å². The zero-order valence-electron chi connectivity index (χ0n) is 22.3. The van der Waals surface area contributed by atoms with Crippen LogP contribution in [0.4, 0.5) is 0 Å². The molecule has 1 saturated heterocycles. The molecule has 1 unspecified atom stereocenters. The van der Waals surface area contributed by atoms with Gasteiger partial charge in [-0.25, -0.2) is 4.98 Å². The molecule has 196 valence electrons. The number of nitrogens with one attached hydrogen (secondary N) is 1. The molecule has 0 radical (unpaired) electrons. The minimum atomic E-state index is -0.200. The molecular weight excluding hydrogens is 494 g/mol. The Labute approximate surface area is 226 Å². The molecule has 2 aliphatic rings. The molecule has 1 aliphatic heterocycles. The van der Waals surface area contributed by atoms with E-state index in [1.54, 1.807) is 16.0 Å². The summed E-state index contributed by atoms with van der Waals surface area (Å²) in [5.74, 6) is 1.22. The number of aryl methyl sites for hydroxylation is 3. The van der Waals surface area contributed by atoms with Crippen LogP contribution in [0, 0.1) is 31.6 Å². The van der Waals surface area contributed by atoms with Crippen LogP contribution in [0.5, 0.6) is 0 Å². The molecule has 2 amide bonds. The number of likely N-dealkylation sites (tertiary alicyclic amines) is 1. The standard InChI is InChI=1S/C30H33N5O2S/c1-17-8-7-9-20(12-17)28-27(32-19(3)38-28)30(37)35-16-21-13-18(2)14-23(21)25(35)15-31-29(36)26-22-10-5-6-11-24(22)34(4)33-26/h5-12,18,21,23,25H,13-16H2,1-4H3,(H,31,36)/t18?,21-,23-,25+/m0/s1. The number of para-hydroxylation sites is 1. The lowest BCUT2D eigenvalue weighted by Gasteiger charge is -2.28. The maximum atomic E-state index is 14.1. The van der Waals surface area contributed by atoms with Crippen LogP contribution < -0.4 is 5.32 Å². The van der Waals surface area contributed by atoms with Crippen LogP contribution >= 0.6 is 11.3 Å². The Balaban J connectivity index is 1.28. The van der Waals surface area contributed by atoms with E-state index in [-0.39, 0.29) is 17.9 Å². The van der Waals surface area contributed by atoms with Crippen LogP contribution in [-0.4, -0.2) is 50.6 Å². The number of amides is 2. The van der Waals surface area contributed by atoms with E-state index in [1.165, 1.54) is 0 Å². The van der Waals surface area contributed by atoms with Gasteiger partial charge >= 0.3 is 0 Å². The SMILES string of the molecule is Cc1cccc(-c2sc(C)nc2C(=O)N2C[C@@H]3CC(C)C[C@@H]3[C@H]2CNC(=O)c2nn(C)c3ccccc23)c1. The van der Waals surface area contributed by atoms with Crippen LogP contribution in [0.15, 0.2) is 48.5 Å². The number of carbonyl (C=O) groups is 2. The third kappa shape index (κ3) is 4.30. The van der Waals surface area contributed by atoms with Crippen LogP contribution in [-0.2, 0) is 7.05 Å². The molecular formula is C30H33N5O2S. The lowest BCUT2D eigenvalue weighted by atomic mass is 9.93. The Kier molecular flexibility index (Phi) is 6.30. The summed E-state index contributed by atoms with van der Waals surface area (Å²) in [4.78, 5) is 35.0. The normalized spacial score (nSPS) is 22.7. The van der Waals surface area contributed by atoms with Gasteiger partial charge in [0.2, 0.25) is 0 Å². The van der Waals surface area contributed by atoms with Crippen molar-refractivity contribution in [2.24, 2.45) is 24.8 Å². The quantitative estimate of drug-likeness (QED) is 0.385. The summed E-state index contributed by atoms with van der Waals surface area (Å²) in [7, 11) is 1.85. The number of hydrogen-bond donors (Lipinski definition) is 1. The summed E-state index contributed by atoms with van der Waals surface area (Å²) in [6.07, 6.45) is 2.19. The van der Waals surface area contributed by atoms with Crippen molar-refractivity contribution in [1.82, 2.24) is 25.0 Å². The highest BCUT2D eigenvalue weighted by Crippen LogP contribution is 2.46. The fourth-order valence-corrected chi connectivity index (χ4v) is 7.50. The lowest BCUT2D eigenvalue weighted by Crippen LogP contribution is -2.46. The van der Waals surface area contributed by atoms with Gasteiger partial charge in [0.15, 0.2) is 5.69 Å². The third-order valence-corrected chi connectivity index (χ3v) is 9.25. The number of nitrogens with zero attached hydrogens (tertiary/aromatic N) is 4. The van der Waals surface area contributed by atoms with Crippen LogP contribution in [0.1, 0.15) is 51.3 Å². The summed E-state index contributed by atoms with van der Waals surface area (Å²) in [6.45, 7) is 7.43. The molecule has 3 heterocycles. The predicted molar refractivity (Wildman–Crippen MR) is 150 cm³/mol. The second kappa shape index (κ2) is 9.66. The van der Waals surface area contributed by atoms with Gasteiger partial charge in [-0.15, -0.1) is 11.3 Å². The minimum absolute atomic E-state index is 0.0320. The Hall–Kier alpha value is -3.52. The second-order valence-electron chi connectivity index (χ2n) is 11.0. The highest BCUT2D eigenvalue weighted by molar-refractivity contribution is 7.15. The van der Waals surface area contributed by atoms with Crippen molar-refractivity contribution < 1.29 is 9.59 Å². The van der Waals surface area contributed by atoms with E-state index in [9.17, 15) is 9.59 Å². The first-order chi connectivity index (χ1) is 18.3. The number of fused-ring (bicyclic) bond motifs is 2. The van der Waals surface area contributed by atoms with Crippen molar-refractivity contribution in [1.29, 1.82) is 0 Å². The Bertz CT molecular complexity index is 1540. The average molecular weight is 528 g/mol. The van der Waals surface area contributed by atoms with Gasteiger partial charge < -0.3 is 10.2 Å². The number of hydrogen-bond acceptors (Lipinski definition) is 5. The highest BCUT2D eigenvalue weighted by atomic mass is 32.1. The Morgan fingerprint density at radius 3 is 2.71 bits per heavy atom. The summed E-state index contributed by atoms with van der Waals surface area (Å²) < 4.78 is 1.74. The minimum Gasteiger partial charge on any atom is -0.349 e. The van der Waals surface area contributed by atoms with Crippen molar-refractivity contribution in [3.8, 4) is 10.4 Å². The Morgan fingerprint density at radius 1 is 1.08 bits per heavy atom. The third-order valence-electron chi connectivity index (χ3n) is 8.23. The highest BCUT2D eigenvalue weighted by Gasteiger charge is 2.48. The van der Waals surface area contributed by atoms with E-state index < -0.39 is 0 Å². The molecule has 4 aromatic rings. The number of thiazole rings is 1. The molecule has 1 N–H and O–H groups in total. The number of carbonyl (C=O) groups excluding carboxylic acids is 2. The van der Waals surface area contributed by atoms with Gasteiger partial charge in [0.05, 0.1) is 21.4 Å². The summed E-state index contributed by atoms with van der Waals surface area (Å²) in [5, 5.41) is 9.34. The van der Waals surface area contributed by atoms with Crippen molar-refractivity contribution in [2.75, 3.05) is 13.1 Å².